The second-order valence-electron chi connectivity index (χ2n) is 4.68. The summed E-state index contributed by atoms with van der Waals surface area (Å²) in [5.41, 5.74) is 1.91. The number of benzene rings is 2. The first-order valence-corrected chi connectivity index (χ1v) is 6.64. The van der Waals surface area contributed by atoms with Crippen LogP contribution < -0.4 is 4.74 Å². The van der Waals surface area contributed by atoms with Crippen molar-refractivity contribution in [2.45, 2.75) is 13.2 Å². The average Bonchev–Trinajstić information content (AvgIpc) is 2.94. The Morgan fingerprint density at radius 3 is 2.71 bits per heavy atom. The largest absolute Gasteiger partial charge is 0.508 e. The van der Waals surface area contributed by atoms with E-state index >= 15 is 0 Å². The van der Waals surface area contributed by atoms with Crippen molar-refractivity contribution in [1.29, 1.82) is 0 Å². The maximum atomic E-state index is 9.37. The summed E-state index contributed by atoms with van der Waals surface area (Å²) in [6.45, 7) is 0.998. The van der Waals surface area contributed by atoms with E-state index in [-0.39, 0.29) is 5.75 Å². The third kappa shape index (κ3) is 3.60. The lowest BCUT2D eigenvalue weighted by Gasteiger charge is -2.03. The van der Waals surface area contributed by atoms with E-state index in [2.05, 4.69) is 10.3 Å². The van der Waals surface area contributed by atoms with Crippen LogP contribution in [-0.4, -0.2) is 20.1 Å². The molecule has 0 amide bonds. The van der Waals surface area contributed by atoms with Crippen LogP contribution in [0.4, 0.5) is 0 Å². The molecule has 0 aliphatic heterocycles. The Bertz CT molecular complexity index is 710. The van der Waals surface area contributed by atoms with Gasteiger partial charge in [-0.15, -0.1) is 5.10 Å². The van der Waals surface area contributed by atoms with Gasteiger partial charge >= 0.3 is 0 Å². The van der Waals surface area contributed by atoms with Crippen molar-refractivity contribution in [3.63, 3.8) is 0 Å². The maximum absolute atomic E-state index is 9.37. The van der Waals surface area contributed by atoms with Crippen LogP contribution in [0.2, 0.25) is 0 Å². The topological polar surface area (TPSA) is 60.2 Å². The van der Waals surface area contributed by atoms with Crippen LogP contribution in [0.5, 0.6) is 11.5 Å². The summed E-state index contributed by atoms with van der Waals surface area (Å²) in [5.74, 6) is 0.785. The molecule has 5 heteroatoms. The summed E-state index contributed by atoms with van der Waals surface area (Å²) < 4.78 is 7.33. The van der Waals surface area contributed by atoms with Gasteiger partial charge in [0.15, 0.2) is 0 Å². The van der Waals surface area contributed by atoms with E-state index < -0.39 is 0 Å². The Hall–Kier alpha value is -2.82. The maximum Gasteiger partial charge on any atom is 0.134 e. The molecule has 5 nitrogen and oxygen atoms in total. The van der Waals surface area contributed by atoms with E-state index in [1.54, 1.807) is 28.9 Å². The number of nitrogens with zero attached hydrogens (tertiary/aromatic N) is 3. The van der Waals surface area contributed by atoms with Crippen LogP contribution in [0.3, 0.4) is 0 Å². The number of aromatic nitrogens is 3. The van der Waals surface area contributed by atoms with Gasteiger partial charge in [-0.1, -0.05) is 41.6 Å². The molecule has 0 unspecified atom stereocenters. The van der Waals surface area contributed by atoms with Gasteiger partial charge in [-0.2, -0.15) is 0 Å². The molecule has 0 fully saturated rings. The Morgan fingerprint density at radius 2 is 1.90 bits per heavy atom. The van der Waals surface area contributed by atoms with Gasteiger partial charge in [0.1, 0.15) is 23.8 Å². The first-order valence-electron chi connectivity index (χ1n) is 6.64. The molecule has 1 aromatic heterocycles. The molecule has 0 saturated heterocycles. The zero-order valence-electron chi connectivity index (χ0n) is 11.4. The minimum Gasteiger partial charge on any atom is -0.508 e. The van der Waals surface area contributed by atoms with Gasteiger partial charge in [-0.05, 0) is 17.7 Å². The van der Waals surface area contributed by atoms with Crippen molar-refractivity contribution >= 4 is 0 Å². The van der Waals surface area contributed by atoms with Crippen molar-refractivity contribution in [3.8, 4) is 11.5 Å². The van der Waals surface area contributed by atoms with Crippen LogP contribution in [0.1, 0.15) is 11.3 Å². The number of ether oxygens (including phenoxy) is 1. The van der Waals surface area contributed by atoms with Gasteiger partial charge < -0.3 is 9.84 Å². The highest BCUT2D eigenvalue weighted by molar-refractivity contribution is 5.31. The first kappa shape index (κ1) is 13.2. The standard InChI is InChI=1S/C16H15N3O2/c20-15-7-4-8-16(9-15)21-12-14-11-19(18-17-14)10-13-5-2-1-3-6-13/h1-9,11,20H,10,12H2. The van der Waals surface area contributed by atoms with E-state index in [9.17, 15) is 5.11 Å². The molecule has 0 saturated carbocycles. The molecule has 21 heavy (non-hydrogen) atoms. The highest BCUT2D eigenvalue weighted by Crippen LogP contribution is 2.18. The number of hydrogen-bond acceptors (Lipinski definition) is 4. The SMILES string of the molecule is Oc1cccc(OCc2cn(Cc3ccccc3)nn2)c1. The van der Waals surface area contributed by atoms with Gasteiger partial charge in [0.2, 0.25) is 0 Å². The Kier molecular flexibility index (Phi) is 3.82. The van der Waals surface area contributed by atoms with Gasteiger partial charge in [-0.25, -0.2) is 4.68 Å². The van der Waals surface area contributed by atoms with Crippen LogP contribution >= 0.6 is 0 Å². The first-order chi connectivity index (χ1) is 10.3. The van der Waals surface area contributed by atoms with Crippen molar-refractivity contribution in [1.82, 2.24) is 15.0 Å². The normalized spacial score (nSPS) is 10.5. The highest BCUT2D eigenvalue weighted by Gasteiger charge is 2.03. The highest BCUT2D eigenvalue weighted by atomic mass is 16.5. The molecule has 0 bridgehead atoms. The van der Waals surface area contributed by atoms with Crippen molar-refractivity contribution < 1.29 is 9.84 Å². The van der Waals surface area contributed by atoms with E-state index in [1.807, 2.05) is 36.5 Å². The fourth-order valence-electron chi connectivity index (χ4n) is 1.98. The summed E-state index contributed by atoms with van der Waals surface area (Å²) in [6.07, 6.45) is 1.86. The fraction of sp³-hybridized carbons (Fsp3) is 0.125. The lowest BCUT2D eigenvalue weighted by Crippen LogP contribution is -2.00. The summed E-state index contributed by atoms with van der Waals surface area (Å²) in [5, 5.41) is 17.5. The molecule has 3 rings (SSSR count). The summed E-state index contributed by atoms with van der Waals surface area (Å²) >= 11 is 0. The van der Waals surface area contributed by atoms with E-state index in [1.165, 1.54) is 5.56 Å². The number of phenols is 1. The molecule has 0 atom stereocenters. The predicted octanol–water partition coefficient (Wildman–Crippen LogP) is 2.61. The lowest BCUT2D eigenvalue weighted by molar-refractivity contribution is 0.299. The van der Waals surface area contributed by atoms with Crippen molar-refractivity contribution in [3.05, 3.63) is 72.1 Å². The van der Waals surface area contributed by atoms with Crippen LogP contribution in [0.15, 0.2) is 60.8 Å². The zero-order chi connectivity index (χ0) is 14.5. The molecule has 0 spiro atoms. The molecular weight excluding hydrogens is 266 g/mol. The molecule has 3 aromatic rings. The zero-order valence-corrected chi connectivity index (χ0v) is 11.4. The third-order valence-electron chi connectivity index (χ3n) is 2.98. The van der Waals surface area contributed by atoms with E-state index in [0.29, 0.717) is 18.9 Å². The molecule has 106 valence electrons. The van der Waals surface area contributed by atoms with Crippen molar-refractivity contribution in [2.75, 3.05) is 0 Å². The molecule has 0 aliphatic rings. The molecule has 0 aliphatic carbocycles. The molecule has 1 N–H and O–H groups in total. The van der Waals surface area contributed by atoms with Crippen LogP contribution in [0.25, 0.3) is 0 Å². The van der Waals surface area contributed by atoms with E-state index in [4.69, 9.17) is 4.74 Å². The van der Waals surface area contributed by atoms with Crippen LogP contribution in [-0.2, 0) is 13.2 Å². The van der Waals surface area contributed by atoms with Gasteiger partial charge in [0.05, 0.1) is 12.7 Å². The Labute approximate surface area is 122 Å². The monoisotopic (exact) mass is 281 g/mol. The second-order valence-corrected chi connectivity index (χ2v) is 4.68. The van der Waals surface area contributed by atoms with Gasteiger partial charge in [0.25, 0.3) is 0 Å². The average molecular weight is 281 g/mol. The summed E-state index contributed by atoms with van der Waals surface area (Å²) in [6, 6.07) is 16.8. The number of aromatic hydroxyl groups is 1. The summed E-state index contributed by atoms with van der Waals surface area (Å²) in [7, 11) is 0. The minimum atomic E-state index is 0.181. The Balaban J connectivity index is 1.60. The van der Waals surface area contributed by atoms with Crippen molar-refractivity contribution in [2.24, 2.45) is 0 Å². The Morgan fingerprint density at radius 1 is 1.05 bits per heavy atom. The third-order valence-corrected chi connectivity index (χ3v) is 2.98. The smallest absolute Gasteiger partial charge is 0.134 e. The number of hydrogen-bond donors (Lipinski definition) is 1. The molecular formula is C16H15N3O2. The number of phenolic OH excluding ortho intramolecular Hbond substituents is 1. The van der Waals surface area contributed by atoms with Gasteiger partial charge in [0, 0.05) is 6.07 Å². The predicted molar refractivity (Wildman–Crippen MR) is 78.0 cm³/mol. The molecule has 2 aromatic carbocycles. The number of rotatable bonds is 5. The minimum absolute atomic E-state index is 0.181. The second kappa shape index (κ2) is 6.09. The summed E-state index contributed by atoms with van der Waals surface area (Å²) in [4.78, 5) is 0. The van der Waals surface area contributed by atoms with Crippen LogP contribution in [0, 0.1) is 0 Å². The lowest BCUT2D eigenvalue weighted by atomic mass is 10.2. The quantitative estimate of drug-likeness (QED) is 0.781. The van der Waals surface area contributed by atoms with E-state index in [0.717, 1.165) is 5.69 Å². The molecule has 1 heterocycles. The fourth-order valence-corrected chi connectivity index (χ4v) is 1.98. The van der Waals surface area contributed by atoms with Gasteiger partial charge in [-0.3, -0.25) is 0 Å². The molecule has 0 radical (unpaired) electrons.